The summed E-state index contributed by atoms with van der Waals surface area (Å²) in [6.45, 7) is -0.00787. The molecule has 0 radical (unpaired) electrons. The number of ether oxygens (including phenoxy) is 1. The summed E-state index contributed by atoms with van der Waals surface area (Å²) in [6, 6.07) is 1.71. The molecule has 1 aliphatic heterocycles. The molecule has 2 unspecified atom stereocenters. The number of nitrogens with two attached hydrogens (primary N) is 1. The summed E-state index contributed by atoms with van der Waals surface area (Å²) in [5, 5.41) is 8.94. The Balaban J connectivity index is 0.000000771. The summed E-state index contributed by atoms with van der Waals surface area (Å²) >= 11 is 1.91. The Bertz CT molecular complexity index is 426. The summed E-state index contributed by atoms with van der Waals surface area (Å²) in [6.07, 6.45) is 2.67. The summed E-state index contributed by atoms with van der Waals surface area (Å²) < 4.78 is 9.72. The predicted octanol–water partition coefficient (Wildman–Crippen LogP) is 0.250. The number of nitrogens with one attached hydrogen (secondary N) is 1. The SMILES string of the molecule is CN.O=c1nc(NI)ccn1C1CCC(CO)O1. The van der Waals surface area contributed by atoms with Crippen molar-refractivity contribution in [3.8, 4) is 0 Å². The molecule has 1 saturated heterocycles. The largest absolute Gasteiger partial charge is 0.394 e. The smallest absolute Gasteiger partial charge is 0.351 e. The number of rotatable bonds is 3. The van der Waals surface area contributed by atoms with Crippen molar-refractivity contribution < 1.29 is 9.84 Å². The Hall–Kier alpha value is -0.710. The van der Waals surface area contributed by atoms with Crippen LogP contribution >= 0.6 is 22.9 Å². The average Bonchev–Trinajstić information content (AvgIpc) is 2.89. The lowest BCUT2D eigenvalue weighted by atomic mass is 10.2. The van der Waals surface area contributed by atoms with Gasteiger partial charge < -0.3 is 19.1 Å². The maximum absolute atomic E-state index is 11.6. The molecule has 0 amide bonds. The molecule has 2 atom stereocenters. The van der Waals surface area contributed by atoms with Crippen LogP contribution in [0.1, 0.15) is 19.1 Å². The maximum Gasteiger partial charge on any atom is 0.351 e. The van der Waals surface area contributed by atoms with Gasteiger partial charge in [-0.1, -0.05) is 0 Å². The summed E-state index contributed by atoms with van der Waals surface area (Å²) in [4.78, 5) is 15.5. The first-order valence-electron chi connectivity index (χ1n) is 5.54. The van der Waals surface area contributed by atoms with Gasteiger partial charge >= 0.3 is 5.69 Å². The summed E-state index contributed by atoms with van der Waals surface area (Å²) in [5.41, 5.74) is 4.16. The minimum Gasteiger partial charge on any atom is -0.394 e. The molecule has 7 nitrogen and oxygen atoms in total. The van der Waals surface area contributed by atoms with Crippen LogP contribution in [0.4, 0.5) is 5.82 Å². The molecule has 0 spiro atoms. The van der Waals surface area contributed by atoms with Crippen molar-refractivity contribution in [2.24, 2.45) is 5.73 Å². The van der Waals surface area contributed by atoms with E-state index in [4.69, 9.17) is 9.84 Å². The Kier molecular flexibility index (Phi) is 6.54. The molecule has 8 heteroatoms. The molecule has 0 aliphatic carbocycles. The van der Waals surface area contributed by atoms with E-state index >= 15 is 0 Å². The Morgan fingerprint density at radius 3 is 2.89 bits per heavy atom. The van der Waals surface area contributed by atoms with E-state index in [-0.39, 0.29) is 24.6 Å². The van der Waals surface area contributed by atoms with Crippen LogP contribution in [0.5, 0.6) is 0 Å². The van der Waals surface area contributed by atoms with Gasteiger partial charge in [0.2, 0.25) is 0 Å². The zero-order chi connectivity index (χ0) is 13.5. The van der Waals surface area contributed by atoms with Gasteiger partial charge in [0.15, 0.2) is 0 Å². The molecule has 0 saturated carbocycles. The van der Waals surface area contributed by atoms with E-state index < -0.39 is 0 Å². The summed E-state index contributed by atoms with van der Waals surface area (Å²) in [5.74, 6) is 0.526. The number of nitrogens with zero attached hydrogens (tertiary/aromatic N) is 2. The van der Waals surface area contributed by atoms with Gasteiger partial charge in [-0.25, -0.2) is 4.79 Å². The molecule has 2 rings (SSSR count). The zero-order valence-corrected chi connectivity index (χ0v) is 12.2. The fourth-order valence-electron chi connectivity index (χ4n) is 1.71. The number of hydrogen-bond donors (Lipinski definition) is 3. The molecule has 2 heterocycles. The van der Waals surface area contributed by atoms with E-state index in [1.54, 1.807) is 12.3 Å². The molecule has 0 aromatic carbocycles. The molecule has 18 heavy (non-hydrogen) atoms. The van der Waals surface area contributed by atoms with Gasteiger partial charge in [0.1, 0.15) is 12.0 Å². The first-order valence-corrected chi connectivity index (χ1v) is 6.62. The van der Waals surface area contributed by atoms with Crippen molar-refractivity contribution in [1.29, 1.82) is 0 Å². The number of aliphatic hydroxyl groups excluding tert-OH is 1. The van der Waals surface area contributed by atoms with Crippen LogP contribution in [-0.4, -0.2) is 34.4 Å². The highest BCUT2D eigenvalue weighted by Crippen LogP contribution is 2.26. The molecule has 102 valence electrons. The van der Waals surface area contributed by atoms with E-state index in [1.807, 2.05) is 22.9 Å². The van der Waals surface area contributed by atoms with Crippen molar-refractivity contribution in [1.82, 2.24) is 9.55 Å². The van der Waals surface area contributed by atoms with Crippen molar-refractivity contribution in [2.45, 2.75) is 25.2 Å². The number of hydrogen-bond acceptors (Lipinski definition) is 6. The Morgan fingerprint density at radius 1 is 1.67 bits per heavy atom. The molecule has 1 fully saturated rings. The Labute approximate surface area is 119 Å². The lowest BCUT2D eigenvalue weighted by molar-refractivity contribution is -0.0245. The van der Waals surface area contributed by atoms with E-state index in [0.717, 1.165) is 12.8 Å². The van der Waals surface area contributed by atoms with Crippen LogP contribution in [0.2, 0.25) is 0 Å². The van der Waals surface area contributed by atoms with Gasteiger partial charge in [-0.3, -0.25) is 4.57 Å². The molecule has 4 N–H and O–H groups in total. The fraction of sp³-hybridized carbons (Fsp3) is 0.600. The van der Waals surface area contributed by atoms with Gasteiger partial charge in [-0.2, -0.15) is 4.98 Å². The number of halogens is 1. The quantitative estimate of drug-likeness (QED) is 0.522. The number of anilines is 1. The van der Waals surface area contributed by atoms with Crippen LogP contribution in [0.3, 0.4) is 0 Å². The molecule has 1 aromatic rings. The minimum atomic E-state index is -0.342. The van der Waals surface area contributed by atoms with Crippen LogP contribution in [0.25, 0.3) is 0 Å². The third-order valence-electron chi connectivity index (χ3n) is 2.53. The number of aromatic nitrogens is 2. The highest BCUT2D eigenvalue weighted by Gasteiger charge is 2.26. The van der Waals surface area contributed by atoms with E-state index in [2.05, 4.69) is 14.2 Å². The third-order valence-corrected chi connectivity index (χ3v) is 3.08. The second-order valence-corrected chi connectivity index (χ2v) is 4.11. The normalized spacial score (nSPS) is 22.2. The zero-order valence-electron chi connectivity index (χ0n) is 10.0. The van der Waals surface area contributed by atoms with Crippen LogP contribution in [0.15, 0.2) is 17.1 Å². The first-order chi connectivity index (χ1) is 8.74. The topological polar surface area (TPSA) is 102 Å². The highest BCUT2D eigenvalue weighted by atomic mass is 127. The van der Waals surface area contributed by atoms with Gasteiger partial charge in [-0.05, 0) is 26.0 Å². The molecule has 1 aliphatic rings. The molecule has 0 bridgehead atoms. The van der Waals surface area contributed by atoms with E-state index in [9.17, 15) is 4.79 Å². The molecule has 1 aromatic heterocycles. The van der Waals surface area contributed by atoms with E-state index in [0.29, 0.717) is 5.82 Å². The predicted molar refractivity (Wildman–Crippen MR) is 76.5 cm³/mol. The highest BCUT2D eigenvalue weighted by molar-refractivity contribution is 14.1. The standard InChI is InChI=1S/C9H12IN3O3.CH5N/c10-12-7-3-4-13(9(15)11-7)8-2-1-6(5-14)16-8;1-2/h3-4,6,8,14H,1-2,5H2,(H,11,12,15);2H2,1H3. The van der Waals surface area contributed by atoms with Crippen molar-refractivity contribution in [2.75, 3.05) is 17.2 Å². The third kappa shape index (κ3) is 3.64. The van der Waals surface area contributed by atoms with Crippen molar-refractivity contribution in [3.05, 3.63) is 22.7 Å². The van der Waals surface area contributed by atoms with Gasteiger partial charge in [0, 0.05) is 6.20 Å². The Morgan fingerprint density at radius 2 is 2.39 bits per heavy atom. The second-order valence-electron chi connectivity index (χ2n) is 3.57. The lowest BCUT2D eigenvalue weighted by Crippen LogP contribution is -2.27. The van der Waals surface area contributed by atoms with Crippen LogP contribution < -0.4 is 15.0 Å². The first kappa shape index (κ1) is 15.3. The second kappa shape index (κ2) is 7.67. The number of aliphatic hydroxyl groups is 1. The lowest BCUT2D eigenvalue weighted by Gasteiger charge is -2.14. The average molecular weight is 368 g/mol. The monoisotopic (exact) mass is 368 g/mol. The van der Waals surface area contributed by atoms with Crippen molar-refractivity contribution in [3.63, 3.8) is 0 Å². The van der Waals surface area contributed by atoms with Gasteiger partial charge in [0.25, 0.3) is 0 Å². The fourth-order valence-corrected chi connectivity index (χ4v) is 2.01. The van der Waals surface area contributed by atoms with Crippen LogP contribution in [-0.2, 0) is 4.74 Å². The molecular formula is C10H17IN4O3. The van der Waals surface area contributed by atoms with Gasteiger partial charge in [0.05, 0.1) is 35.6 Å². The van der Waals surface area contributed by atoms with Gasteiger partial charge in [-0.15, -0.1) is 0 Å². The summed E-state index contributed by atoms with van der Waals surface area (Å²) in [7, 11) is 1.50. The van der Waals surface area contributed by atoms with Crippen molar-refractivity contribution >= 4 is 28.7 Å². The molecular weight excluding hydrogens is 351 g/mol. The van der Waals surface area contributed by atoms with E-state index in [1.165, 1.54) is 11.6 Å². The minimum absolute atomic E-state index is 0.00787. The maximum atomic E-state index is 11.6. The van der Waals surface area contributed by atoms with Crippen LogP contribution in [0, 0.1) is 0 Å².